The van der Waals surface area contributed by atoms with Crippen LogP contribution in [0.25, 0.3) is 0 Å². The van der Waals surface area contributed by atoms with Gasteiger partial charge in [0.1, 0.15) is 0 Å². The molecule has 3 rings (SSSR count). The number of likely N-dealkylation sites (tertiary alicyclic amines) is 1. The van der Waals surface area contributed by atoms with Crippen molar-refractivity contribution in [2.45, 2.75) is 25.4 Å². The molecule has 0 bridgehead atoms. The number of carbonyl (C=O) groups is 1. The van der Waals surface area contributed by atoms with Crippen molar-refractivity contribution in [2.24, 2.45) is 7.05 Å². The van der Waals surface area contributed by atoms with E-state index in [0.717, 1.165) is 24.9 Å². The summed E-state index contributed by atoms with van der Waals surface area (Å²) in [6, 6.07) is 12.1. The summed E-state index contributed by atoms with van der Waals surface area (Å²) >= 11 is 6.12. The lowest BCUT2D eigenvalue weighted by molar-refractivity contribution is -0.122. The van der Waals surface area contributed by atoms with Gasteiger partial charge in [0.15, 0.2) is 0 Å². The van der Waals surface area contributed by atoms with Crippen molar-refractivity contribution >= 4 is 17.5 Å². The van der Waals surface area contributed by atoms with Crippen LogP contribution in [0.5, 0.6) is 0 Å². The fourth-order valence-corrected chi connectivity index (χ4v) is 3.45. The Hall–Kier alpha value is -1.78. The van der Waals surface area contributed by atoms with Crippen molar-refractivity contribution in [1.82, 2.24) is 14.8 Å². The number of amides is 1. The molecule has 5 heteroatoms. The number of carbonyl (C=O) groups excluding carboxylic acids is 1. The molecule has 1 fully saturated rings. The van der Waals surface area contributed by atoms with E-state index in [0.29, 0.717) is 24.2 Å². The molecule has 1 aromatic heterocycles. The SMILES string of the molecule is Cn1cccc1[C@@H]1CCCN1CC(=O)NCc1ccccc1Cl. The molecule has 1 N–H and O–H groups in total. The quantitative estimate of drug-likeness (QED) is 0.914. The average molecular weight is 332 g/mol. The third-order valence-electron chi connectivity index (χ3n) is 4.47. The van der Waals surface area contributed by atoms with Gasteiger partial charge in [0.25, 0.3) is 0 Å². The van der Waals surface area contributed by atoms with Crippen LogP contribution in [-0.4, -0.2) is 28.5 Å². The van der Waals surface area contributed by atoms with Gasteiger partial charge in [-0.15, -0.1) is 0 Å². The summed E-state index contributed by atoms with van der Waals surface area (Å²) in [5, 5.41) is 3.67. The zero-order valence-electron chi connectivity index (χ0n) is 13.3. The summed E-state index contributed by atoms with van der Waals surface area (Å²) in [6.07, 6.45) is 4.30. The number of halogens is 1. The third-order valence-corrected chi connectivity index (χ3v) is 4.84. The van der Waals surface area contributed by atoms with Crippen molar-refractivity contribution < 1.29 is 4.79 Å². The van der Waals surface area contributed by atoms with Crippen LogP contribution in [0, 0.1) is 0 Å². The van der Waals surface area contributed by atoms with Gasteiger partial charge < -0.3 is 9.88 Å². The van der Waals surface area contributed by atoms with Crippen LogP contribution >= 0.6 is 11.6 Å². The topological polar surface area (TPSA) is 37.3 Å². The minimum absolute atomic E-state index is 0.0472. The van der Waals surface area contributed by atoms with Crippen molar-refractivity contribution in [1.29, 1.82) is 0 Å². The summed E-state index contributed by atoms with van der Waals surface area (Å²) in [5.74, 6) is 0.0472. The second kappa shape index (κ2) is 7.20. The zero-order chi connectivity index (χ0) is 16.2. The fourth-order valence-electron chi connectivity index (χ4n) is 3.25. The first kappa shape index (κ1) is 16.1. The number of benzene rings is 1. The summed E-state index contributed by atoms with van der Waals surface area (Å²) < 4.78 is 2.14. The lowest BCUT2D eigenvalue weighted by Crippen LogP contribution is -2.37. The molecule has 0 saturated carbocycles. The number of aryl methyl sites for hydroxylation is 1. The highest BCUT2D eigenvalue weighted by molar-refractivity contribution is 6.31. The predicted molar refractivity (Wildman–Crippen MR) is 92.3 cm³/mol. The molecule has 122 valence electrons. The minimum Gasteiger partial charge on any atom is -0.353 e. The van der Waals surface area contributed by atoms with E-state index in [4.69, 9.17) is 11.6 Å². The van der Waals surface area contributed by atoms with Crippen LogP contribution in [0.4, 0.5) is 0 Å². The van der Waals surface area contributed by atoms with Crippen molar-refractivity contribution in [2.75, 3.05) is 13.1 Å². The molecular weight excluding hydrogens is 310 g/mol. The smallest absolute Gasteiger partial charge is 0.234 e. The Kier molecular flexibility index (Phi) is 5.03. The number of nitrogens with one attached hydrogen (secondary N) is 1. The van der Waals surface area contributed by atoms with Gasteiger partial charge in [0.2, 0.25) is 5.91 Å². The Labute approximate surface area is 142 Å². The van der Waals surface area contributed by atoms with E-state index >= 15 is 0 Å². The molecule has 0 spiro atoms. The monoisotopic (exact) mass is 331 g/mol. The van der Waals surface area contributed by atoms with Gasteiger partial charge in [-0.05, 0) is 43.1 Å². The molecule has 23 heavy (non-hydrogen) atoms. The summed E-state index contributed by atoms with van der Waals surface area (Å²) in [4.78, 5) is 14.5. The predicted octanol–water partition coefficient (Wildman–Crippen LogP) is 3.13. The van der Waals surface area contributed by atoms with E-state index in [-0.39, 0.29) is 5.91 Å². The van der Waals surface area contributed by atoms with Gasteiger partial charge in [-0.25, -0.2) is 0 Å². The normalized spacial score (nSPS) is 18.3. The van der Waals surface area contributed by atoms with E-state index in [1.165, 1.54) is 5.69 Å². The number of hydrogen-bond acceptors (Lipinski definition) is 2. The molecular formula is C18H22ClN3O. The largest absolute Gasteiger partial charge is 0.353 e. The van der Waals surface area contributed by atoms with Crippen LogP contribution in [0.15, 0.2) is 42.6 Å². The Bertz CT molecular complexity index is 682. The van der Waals surface area contributed by atoms with Crippen LogP contribution in [0.3, 0.4) is 0 Å². The maximum atomic E-state index is 12.3. The first-order valence-corrected chi connectivity index (χ1v) is 8.38. The van der Waals surface area contributed by atoms with E-state index in [1.807, 2.05) is 24.3 Å². The lowest BCUT2D eigenvalue weighted by Gasteiger charge is -2.24. The Balaban J connectivity index is 1.57. The van der Waals surface area contributed by atoms with Crippen LogP contribution in [0.2, 0.25) is 5.02 Å². The molecule has 4 nitrogen and oxygen atoms in total. The van der Waals surface area contributed by atoms with Gasteiger partial charge in [0, 0.05) is 30.5 Å². The van der Waals surface area contributed by atoms with E-state index < -0.39 is 0 Å². The lowest BCUT2D eigenvalue weighted by atomic mass is 10.1. The van der Waals surface area contributed by atoms with Gasteiger partial charge in [-0.2, -0.15) is 0 Å². The summed E-state index contributed by atoms with van der Waals surface area (Å²) in [5.41, 5.74) is 2.23. The number of nitrogens with zero attached hydrogens (tertiary/aromatic N) is 2. The molecule has 1 amide bonds. The van der Waals surface area contributed by atoms with Crippen LogP contribution in [-0.2, 0) is 18.4 Å². The maximum absolute atomic E-state index is 12.3. The molecule has 1 atom stereocenters. The summed E-state index contributed by atoms with van der Waals surface area (Å²) in [7, 11) is 2.06. The molecule has 1 saturated heterocycles. The number of rotatable bonds is 5. The first-order valence-electron chi connectivity index (χ1n) is 8.00. The van der Waals surface area contributed by atoms with Crippen LogP contribution in [0.1, 0.15) is 30.1 Å². The first-order chi connectivity index (χ1) is 11.1. The average Bonchev–Trinajstić information content (AvgIpc) is 3.15. The second-order valence-electron chi connectivity index (χ2n) is 6.04. The highest BCUT2D eigenvalue weighted by Gasteiger charge is 2.28. The van der Waals surface area contributed by atoms with Gasteiger partial charge >= 0.3 is 0 Å². The van der Waals surface area contributed by atoms with Crippen molar-refractivity contribution in [3.05, 3.63) is 58.9 Å². The molecule has 0 radical (unpaired) electrons. The third kappa shape index (κ3) is 3.77. The van der Waals surface area contributed by atoms with E-state index in [1.54, 1.807) is 0 Å². The maximum Gasteiger partial charge on any atom is 0.234 e. The Morgan fingerprint density at radius 2 is 2.13 bits per heavy atom. The minimum atomic E-state index is 0.0472. The standard InChI is InChI=1S/C18H22ClN3O/c1-21-10-4-8-16(21)17-9-5-11-22(17)13-18(23)20-12-14-6-2-3-7-15(14)19/h2-4,6-8,10,17H,5,9,11-13H2,1H3,(H,20,23)/t17-/m0/s1. The van der Waals surface area contributed by atoms with Gasteiger partial charge in [-0.3, -0.25) is 9.69 Å². The van der Waals surface area contributed by atoms with E-state index in [9.17, 15) is 4.79 Å². The van der Waals surface area contributed by atoms with Crippen LogP contribution < -0.4 is 5.32 Å². The molecule has 0 unspecified atom stereocenters. The fraction of sp³-hybridized carbons (Fsp3) is 0.389. The second-order valence-corrected chi connectivity index (χ2v) is 6.45. The highest BCUT2D eigenvalue weighted by atomic mass is 35.5. The molecule has 1 aliphatic heterocycles. The van der Waals surface area contributed by atoms with Crippen molar-refractivity contribution in [3.63, 3.8) is 0 Å². The van der Waals surface area contributed by atoms with Crippen molar-refractivity contribution in [3.8, 4) is 0 Å². The van der Waals surface area contributed by atoms with Gasteiger partial charge in [0.05, 0.1) is 12.6 Å². The number of aromatic nitrogens is 1. The summed E-state index contributed by atoms with van der Waals surface area (Å²) in [6.45, 7) is 1.87. The molecule has 1 aromatic carbocycles. The number of hydrogen-bond donors (Lipinski definition) is 1. The highest BCUT2D eigenvalue weighted by Crippen LogP contribution is 2.31. The molecule has 1 aliphatic rings. The zero-order valence-corrected chi connectivity index (χ0v) is 14.1. The molecule has 2 heterocycles. The molecule has 2 aromatic rings. The van der Waals surface area contributed by atoms with E-state index in [2.05, 4.69) is 40.2 Å². The molecule has 0 aliphatic carbocycles. The Morgan fingerprint density at radius 1 is 1.30 bits per heavy atom. The Morgan fingerprint density at radius 3 is 2.87 bits per heavy atom. The van der Waals surface area contributed by atoms with Gasteiger partial charge in [-0.1, -0.05) is 29.8 Å².